The van der Waals surface area contributed by atoms with Crippen molar-refractivity contribution in [2.24, 2.45) is 12.5 Å². The van der Waals surface area contributed by atoms with Crippen molar-refractivity contribution in [1.82, 2.24) is 14.5 Å². The number of aliphatic carboxylic acids is 1. The van der Waals surface area contributed by atoms with Crippen LogP contribution in [0.25, 0.3) is 11.1 Å². The summed E-state index contributed by atoms with van der Waals surface area (Å²) in [6.07, 6.45) is 3.62. The maximum Gasteiger partial charge on any atom is 0.409 e. The number of halogens is 1. The van der Waals surface area contributed by atoms with Gasteiger partial charge >= 0.3 is 12.1 Å². The van der Waals surface area contributed by atoms with E-state index < -0.39 is 18.2 Å². The Labute approximate surface area is 223 Å². The van der Waals surface area contributed by atoms with Gasteiger partial charge in [0, 0.05) is 37.7 Å². The van der Waals surface area contributed by atoms with Crippen LogP contribution in [0.15, 0.2) is 59.3 Å². The van der Waals surface area contributed by atoms with E-state index in [1.807, 2.05) is 42.1 Å². The summed E-state index contributed by atoms with van der Waals surface area (Å²) >= 11 is 3.41. The van der Waals surface area contributed by atoms with Crippen LogP contribution in [0.4, 0.5) is 4.79 Å². The van der Waals surface area contributed by atoms with Crippen LogP contribution in [-0.4, -0.2) is 57.9 Å². The molecule has 1 amide bonds. The van der Waals surface area contributed by atoms with Crippen molar-refractivity contribution in [3.05, 3.63) is 76.3 Å². The molecule has 3 aromatic rings. The van der Waals surface area contributed by atoms with Gasteiger partial charge in [0.25, 0.3) is 0 Å². The molecule has 1 aliphatic heterocycles. The Hall–Kier alpha value is -3.17. The lowest BCUT2D eigenvalue weighted by Crippen LogP contribution is -2.58. The first-order valence-corrected chi connectivity index (χ1v) is 13.2. The number of rotatable bonds is 6. The Kier molecular flexibility index (Phi) is 5.88. The van der Waals surface area contributed by atoms with E-state index in [-0.39, 0.29) is 17.4 Å². The summed E-state index contributed by atoms with van der Waals surface area (Å²) in [6.45, 7) is 1.03. The zero-order valence-corrected chi connectivity index (χ0v) is 22.1. The molecule has 1 aromatic heterocycles. The quantitative estimate of drug-likeness (QED) is 0.456. The molecule has 0 radical (unpaired) electrons. The van der Waals surface area contributed by atoms with Gasteiger partial charge in [-0.3, -0.25) is 0 Å². The maximum atomic E-state index is 13.0. The minimum Gasteiger partial charge on any atom is -0.480 e. The largest absolute Gasteiger partial charge is 0.480 e. The van der Waals surface area contributed by atoms with Gasteiger partial charge in [0.2, 0.25) is 0 Å². The number of carboxylic acids is 1. The van der Waals surface area contributed by atoms with Crippen molar-refractivity contribution < 1.29 is 24.2 Å². The molecule has 192 valence electrons. The van der Waals surface area contributed by atoms with E-state index in [2.05, 4.69) is 45.2 Å². The number of carbonyl (C=O) groups is 2. The van der Waals surface area contributed by atoms with Crippen molar-refractivity contribution in [3.63, 3.8) is 0 Å². The fourth-order valence-corrected chi connectivity index (χ4v) is 7.00. The van der Waals surface area contributed by atoms with E-state index in [0.29, 0.717) is 43.0 Å². The number of carboxylic acid groups (broad SMARTS) is 1. The molecule has 1 unspecified atom stereocenters. The Morgan fingerprint density at radius 1 is 1.08 bits per heavy atom. The molecule has 2 aliphatic carbocycles. The number of ether oxygens (including phenoxy) is 2. The second-order valence-electron chi connectivity index (χ2n) is 10.5. The van der Waals surface area contributed by atoms with Crippen LogP contribution in [0.5, 0.6) is 0 Å². The summed E-state index contributed by atoms with van der Waals surface area (Å²) in [5, 5.41) is 9.27. The van der Waals surface area contributed by atoms with Gasteiger partial charge in [0.15, 0.2) is 0 Å². The molecule has 1 saturated heterocycles. The fourth-order valence-electron chi connectivity index (χ4n) is 6.53. The van der Waals surface area contributed by atoms with Crippen LogP contribution >= 0.6 is 15.9 Å². The number of fused-ring (bicyclic) bond motifs is 3. The summed E-state index contributed by atoms with van der Waals surface area (Å²) in [5.41, 5.74) is 3.84. The van der Waals surface area contributed by atoms with Gasteiger partial charge in [-0.1, -0.05) is 48.5 Å². The van der Waals surface area contributed by atoms with Gasteiger partial charge < -0.3 is 24.0 Å². The molecule has 8 nitrogen and oxygen atoms in total. The number of nitrogens with zero attached hydrogens (tertiary/aromatic N) is 3. The molecular formula is C28H28BrN3O5. The molecular weight excluding hydrogens is 538 g/mol. The number of imidazole rings is 1. The lowest BCUT2D eigenvalue weighted by Gasteiger charge is -2.48. The highest BCUT2D eigenvalue weighted by Gasteiger charge is 2.58. The summed E-state index contributed by atoms with van der Waals surface area (Å²) < 4.78 is 14.4. The third-order valence-electron chi connectivity index (χ3n) is 8.09. The zero-order chi connectivity index (χ0) is 25.8. The third kappa shape index (κ3) is 4.14. The average molecular weight is 566 g/mol. The zero-order valence-electron chi connectivity index (χ0n) is 20.5. The van der Waals surface area contributed by atoms with E-state index in [1.54, 1.807) is 4.90 Å². The van der Waals surface area contributed by atoms with Crippen molar-refractivity contribution in [2.45, 2.75) is 30.8 Å². The van der Waals surface area contributed by atoms with Crippen molar-refractivity contribution >= 4 is 28.0 Å². The van der Waals surface area contributed by atoms with Gasteiger partial charge in [0.05, 0.1) is 0 Å². The molecule has 3 aliphatic rings. The van der Waals surface area contributed by atoms with Crippen molar-refractivity contribution in [1.29, 1.82) is 0 Å². The minimum absolute atomic E-state index is 0.0250. The van der Waals surface area contributed by atoms with Gasteiger partial charge in [0.1, 0.15) is 29.2 Å². The lowest BCUT2D eigenvalue weighted by molar-refractivity contribution is -0.152. The minimum atomic E-state index is -1.01. The van der Waals surface area contributed by atoms with Crippen molar-refractivity contribution in [2.75, 3.05) is 26.3 Å². The topological polar surface area (TPSA) is 93.9 Å². The predicted molar refractivity (Wildman–Crippen MR) is 139 cm³/mol. The first-order valence-electron chi connectivity index (χ1n) is 12.4. The first kappa shape index (κ1) is 24.2. The lowest BCUT2D eigenvalue weighted by atomic mass is 9.77. The van der Waals surface area contributed by atoms with Gasteiger partial charge in [-0.2, -0.15) is 0 Å². The highest BCUT2D eigenvalue weighted by Crippen LogP contribution is 2.55. The summed E-state index contributed by atoms with van der Waals surface area (Å²) in [5.74, 6) is -0.281. The Bertz CT molecular complexity index is 1340. The summed E-state index contributed by atoms with van der Waals surface area (Å²) in [4.78, 5) is 30.7. The van der Waals surface area contributed by atoms with Crippen LogP contribution in [0, 0.1) is 5.41 Å². The van der Waals surface area contributed by atoms with Crippen molar-refractivity contribution in [3.8, 4) is 11.1 Å². The summed E-state index contributed by atoms with van der Waals surface area (Å²) in [7, 11) is 1.88. The van der Waals surface area contributed by atoms with Crippen LogP contribution in [0.3, 0.4) is 0 Å². The standard InChI is InChI=1S/C28H28BrN3O5/c1-31-12-23(29)30-25(31)28(37-14-24(33)34)11-10-27(15-28)16-32(17-27)26(35)36-13-22-20-8-4-2-6-18(20)19-7-3-5-9-21(19)22/h2-9,12,22H,10-11,13-17H2,1H3,(H,33,34). The smallest absolute Gasteiger partial charge is 0.409 e. The van der Waals surface area contributed by atoms with E-state index in [4.69, 9.17) is 9.47 Å². The number of amides is 1. The molecule has 1 saturated carbocycles. The normalized spacial score (nSPS) is 21.5. The predicted octanol–water partition coefficient (Wildman–Crippen LogP) is 4.91. The molecule has 9 heteroatoms. The monoisotopic (exact) mass is 565 g/mol. The van der Waals surface area contributed by atoms with Crippen LogP contribution in [-0.2, 0) is 26.9 Å². The number of hydrogen-bond acceptors (Lipinski definition) is 5. The Morgan fingerprint density at radius 2 is 1.73 bits per heavy atom. The van der Waals surface area contributed by atoms with E-state index in [9.17, 15) is 14.7 Å². The first-order chi connectivity index (χ1) is 17.8. The number of likely N-dealkylation sites (tertiary alicyclic amines) is 1. The average Bonchev–Trinajstić information content (AvgIpc) is 3.52. The number of aryl methyl sites for hydroxylation is 1. The van der Waals surface area contributed by atoms with Crippen LogP contribution in [0.2, 0.25) is 0 Å². The van der Waals surface area contributed by atoms with Gasteiger partial charge in [-0.15, -0.1) is 0 Å². The van der Waals surface area contributed by atoms with Gasteiger partial charge in [-0.05, 0) is 57.4 Å². The molecule has 1 spiro atoms. The number of hydrogen-bond donors (Lipinski definition) is 1. The Morgan fingerprint density at radius 3 is 2.32 bits per heavy atom. The highest BCUT2D eigenvalue weighted by atomic mass is 79.9. The van der Waals surface area contributed by atoms with E-state index in [1.165, 1.54) is 22.3 Å². The molecule has 2 fully saturated rings. The highest BCUT2D eigenvalue weighted by molar-refractivity contribution is 9.10. The number of benzene rings is 2. The fraction of sp³-hybridized carbons (Fsp3) is 0.393. The maximum absolute atomic E-state index is 13.0. The second-order valence-corrected chi connectivity index (χ2v) is 11.3. The molecule has 6 rings (SSSR count). The molecule has 2 heterocycles. The number of carbonyl (C=O) groups excluding carboxylic acids is 1. The van der Waals surface area contributed by atoms with Crippen LogP contribution < -0.4 is 0 Å². The Balaban J connectivity index is 1.12. The third-order valence-corrected chi connectivity index (χ3v) is 8.48. The molecule has 1 atom stereocenters. The van der Waals surface area contributed by atoms with E-state index >= 15 is 0 Å². The second kappa shape index (κ2) is 8.99. The summed E-state index contributed by atoms with van der Waals surface area (Å²) in [6, 6.07) is 16.6. The van der Waals surface area contributed by atoms with E-state index in [0.717, 1.165) is 6.42 Å². The molecule has 1 N–H and O–H groups in total. The SMILES string of the molecule is Cn1cc(Br)nc1C1(OCC(=O)O)CCC2(CN(C(=O)OCC3c4ccccc4-c4ccccc43)C2)C1. The number of aromatic nitrogens is 2. The molecule has 2 aromatic carbocycles. The molecule has 0 bridgehead atoms. The van der Waals surface area contributed by atoms with Gasteiger partial charge in [-0.25, -0.2) is 14.6 Å². The van der Waals surface area contributed by atoms with Crippen LogP contribution in [0.1, 0.15) is 42.1 Å². The molecule has 37 heavy (non-hydrogen) atoms.